The van der Waals surface area contributed by atoms with Crippen LogP contribution in [0.3, 0.4) is 0 Å². The molecule has 1 atom stereocenters. The van der Waals surface area contributed by atoms with Gasteiger partial charge in [0.05, 0.1) is 0 Å². The standard InChI is InChI=1S/C69H118O6/c1-4-7-10-13-16-19-22-24-26-27-28-29-30-31-32-33-34-35-36-37-38-39-40-41-43-44-47-50-53-56-59-62-68(71)74-65-66(64-73-67(70)61-58-55-52-49-46-21-18-15-12-9-6-3)75-69(72)63-60-57-54-51-48-45-42-25-23-20-17-14-11-8-5-2/h7,10,15-16,18-19,24,26,28-29,31-32,34-35,37-38,66H,4-6,8-9,11-14,17,20-23,25,27,30,33,36,39-65H2,1-3H3/b10-7-,18-15-,19-16-,26-24-,29-28-,32-31-,35-34-,38-37-. The van der Waals surface area contributed by atoms with Gasteiger partial charge in [-0.25, -0.2) is 0 Å². The Morgan fingerprint density at radius 2 is 0.533 bits per heavy atom. The first-order chi connectivity index (χ1) is 37.0. The van der Waals surface area contributed by atoms with Crippen molar-refractivity contribution in [3.8, 4) is 0 Å². The van der Waals surface area contributed by atoms with E-state index in [0.29, 0.717) is 19.3 Å². The van der Waals surface area contributed by atoms with E-state index in [1.165, 1.54) is 148 Å². The average molecular weight is 1040 g/mol. The number of ether oxygens (including phenoxy) is 3. The Labute approximate surface area is 464 Å². The molecular formula is C69H118O6. The van der Waals surface area contributed by atoms with Crippen molar-refractivity contribution in [2.45, 2.75) is 309 Å². The molecule has 0 heterocycles. The van der Waals surface area contributed by atoms with Crippen molar-refractivity contribution in [1.29, 1.82) is 0 Å². The molecule has 0 aromatic carbocycles. The lowest BCUT2D eigenvalue weighted by molar-refractivity contribution is -0.167. The summed E-state index contributed by atoms with van der Waals surface area (Å²) in [6.45, 7) is 6.50. The topological polar surface area (TPSA) is 78.9 Å². The zero-order valence-corrected chi connectivity index (χ0v) is 49.3. The van der Waals surface area contributed by atoms with Crippen molar-refractivity contribution in [2.75, 3.05) is 13.2 Å². The van der Waals surface area contributed by atoms with Crippen LogP contribution in [0.2, 0.25) is 0 Å². The molecule has 0 N–H and O–H groups in total. The van der Waals surface area contributed by atoms with Crippen molar-refractivity contribution >= 4 is 17.9 Å². The molecule has 0 aliphatic rings. The average Bonchev–Trinajstić information content (AvgIpc) is 3.41. The van der Waals surface area contributed by atoms with Crippen molar-refractivity contribution in [3.63, 3.8) is 0 Å². The van der Waals surface area contributed by atoms with Crippen LogP contribution in [0.1, 0.15) is 303 Å². The fourth-order valence-electron chi connectivity index (χ4n) is 8.82. The zero-order valence-electron chi connectivity index (χ0n) is 49.3. The first-order valence-corrected chi connectivity index (χ1v) is 31.7. The minimum Gasteiger partial charge on any atom is -0.462 e. The number of allylic oxidation sites excluding steroid dienone is 16. The lowest BCUT2D eigenvalue weighted by Crippen LogP contribution is -2.30. The Kier molecular flexibility index (Phi) is 59.8. The number of carbonyl (C=O) groups excluding carboxylic acids is 3. The predicted molar refractivity (Wildman–Crippen MR) is 325 cm³/mol. The third-order valence-corrected chi connectivity index (χ3v) is 13.6. The maximum Gasteiger partial charge on any atom is 0.306 e. The Hall–Kier alpha value is -3.67. The van der Waals surface area contributed by atoms with Gasteiger partial charge >= 0.3 is 17.9 Å². The highest BCUT2D eigenvalue weighted by molar-refractivity contribution is 5.71. The summed E-state index contributed by atoms with van der Waals surface area (Å²) in [5.74, 6) is -0.886. The highest BCUT2D eigenvalue weighted by Crippen LogP contribution is 2.16. The molecule has 0 aliphatic carbocycles. The quantitative estimate of drug-likeness (QED) is 0.0261. The molecule has 0 aromatic rings. The van der Waals surface area contributed by atoms with Crippen LogP contribution >= 0.6 is 0 Å². The third kappa shape index (κ3) is 61.1. The maximum atomic E-state index is 12.9. The molecule has 1 unspecified atom stereocenters. The van der Waals surface area contributed by atoms with Gasteiger partial charge in [-0.05, 0) is 96.3 Å². The smallest absolute Gasteiger partial charge is 0.306 e. The number of hydrogen-bond donors (Lipinski definition) is 0. The van der Waals surface area contributed by atoms with Gasteiger partial charge in [-0.2, -0.15) is 0 Å². The summed E-state index contributed by atoms with van der Waals surface area (Å²) in [5.41, 5.74) is 0. The van der Waals surface area contributed by atoms with E-state index in [2.05, 4.69) is 118 Å². The van der Waals surface area contributed by atoms with Gasteiger partial charge in [-0.3, -0.25) is 14.4 Å². The highest BCUT2D eigenvalue weighted by atomic mass is 16.6. The molecular weight excluding hydrogens is 925 g/mol. The number of hydrogen-bond acceptors (Lipinski definition) is 6. The van der Waals surface area contributed by atoms with Crippen LogP contribution in [-0.4, -0.2) is 37.2 Å². The second kappa shape index (κ2) is 62.9. The van der Waals surface area contributed by atoms with Gasteiger partial charge in [0.2, 0.25) is 0 Å². The number of esters is 3. The molecule has 0 amide bonds. The predicted octanol–water partition coefficient (Wildman–Crippen LogP) is 21.7. The van der Waals surface area contributed by atoms with Gasteiger partial charge in [0.25, 0.3) is 0 Å². The number of rotatable bonds is 57. The molecule has 0 saturated heterocycles. The Morgan fingerprint density at radius 3 is 0.867 bits per heavy atom. The van der Waals surface area contributed by atoms with E-state index >= 15 is 0 Å². The van der Waals surface area contributed by atoms with Crippen LogP contribution < -0.4 is 0 Å². The third-order valence-electron chi connectivity index (χ3n) is 13.6. The monoisotopic (exact) mass is 1040 g/mol. The van der Waals surface area contributed by atoms with E-state index in [4.69, 9.17) is 14.2 Å². The first kappa shape index (κ1) is 71.3. The Bertz CT molecular complexity index is 1480. The van der Waals surface area contributed by atoms with Crippen LogP contribution in [0.25, 0.3) is 0 Å². The fraction of sp³-hybridized carbons (Fsp3) is 0.725. The second-order valence-corrected chi connectivity index (χ2v) is 20.9. The van der Waals surface area contributed by atoms with Crippen molar-refractivity contribution in [2.24, 2.45) is 0 Å². The molecule has 0 aromatic heterocycles. The first-order valence-electron chi connectivity index (χ1n) is 31.7. The Balaban J connectivity index is 4.22. The lowest BCUT2D eigenvalue weighted by atomic mass is 10.0. The van der Waals surface area contributed by atoms with E-state index in [1.807, 2.05) is 0 Å². The van der Waals surface area contributed by atoms with Crippen LogP contribution in [0, 0.1) is 0 Å². The molecule has 0 fully saturated rings. The fourth-order valence-corrected chi connectivity index (χ4v) is 8.82. The van der Waals surface area contributed by atoms with Crippen LogP contribution in [0.4, 0.5) is 0 Å². The molecule has 6 heteroatoms. The summed E-state index contributed by atoms with van der Waals surface area (Å²) < 4.78 is 16.9. The van der Waals surface area contributed by atoms with Gasteiger partial charge in [0, 0.05) is 19.3 Å². The Morgan fingerprint density at radius 1 is 0.280 bits per heavy atom. The van der Waals surface area contributed by atoms with E-state index < -0.39 is 6.10 Å². The van der Waals surface area contributed by atoms with Crippen LogP contribution in [-0.2, 0) is 28.6 Å². The summed E-state index contributed by atoms with van der Waals surface area (Å²) in [6, 6.07) is 0. The minimum atomic E-state index is -0.781. The summed E-state index contributed by atoms with van der Waals surface area (Å²) in [6.07, 6.45) is 84.2. The normalized spacial score (nSPS) is 12.7. The molecule has 0 rings (SSSR count). The van der Waals surface area contributed by atoms with Gasteiger partial charge in [-0.15, -0.1) is 0 Å². The molecule has 0 bridgehead atoms. The summed E-state index contributed by atoms with van der Waals surface area (Å²) in [4.78, 5) is 38.2. The van der Waals surface area contributed by atoms with E-state index in [-0.39, 0.29) is 31.1 Å². The second-order valence-electron chi connectivity index (χ2n) is 20.9. The SMILES string of the molecule is CC/C=C\C/C=C\C/C=C\C/C=C\C/C=C\C/C=C\C/C=C\CCCCCCCCCCCC(=O)OCC(COC(=O)CCCCCCC/C=C\CCCC)OC(=O)CCCCCCCCCCCCCCCCC. The van der Waals surface area contributed by atoms with Gasteiger partial charge in [0.15, 0.2) is 6.10 Å². The van der Waals surface area contributed by atoms with Gasteiger partial charge < -0.3 is 14.2 Å². The van der Waals surface area contributed by atoms with Crippen molar-refractivity contribution in [1.82, 2.24) is 0 Å². The van der Waals surface area contributed by atoms with Crippen molar-refractivity contribution < 1.29 is 28.6 Å². The highest BCUT2D eigenvalue weighted by Gasteiger charge is 2.19. The van der Waals surface area contributed by atoms with Crippen LogP contribution in [0.15, 0.2) is 97.2 Å². The minimum absolute atomic E-state index is 0.0805. The molecule has 6 nitrogen and oxygen atoms in total. The molecule has 0 spiro atoms. The summed E-state index contributed by atoms with van der Waals surface area (Å²) in [5, 5.41) is 0. The van der Waals surface area contributed by atoms with Gasteiger partial charge in [-0.1, -0.05) is 285 Å². The number of unbranched alkanes of at least 4 members (excludes halogenated alkanes) is 30. The van der Waals surface area contributed by atoms with E-state index in [0.717, 1.165) is 116 Å². The molecule has 0 radical (unpaired) electrons. The molecule has 0 saturated carbocycles. The van der Waals surface area contributed by atoms with Crippen LogP contribution in [0.5, 0.6) is 0 Å². The maximum absolute atomic E-state index is 12.9. The largest absolute Gasteiger partial charge is 0.462 e. The lowest BCUT2D eigenvalue weighted by Gasteiger charge is -2.18. The van der Waals surface area contributed by atoms with Gasteiger partial charge in [0.1, 0.15) is 13.2 Å². The molecule has 0 aliphatic heterocycles. The molecule has 75 heavy (non-hydrogen) atoms. The summed E-state index contributed by atoms with van der Waals surface area (Å²) in [7, 11) is 0. The van der Waals surface area contributed by atoms with Crippen molar-refractivity contribution in [3.05, 3.63) is 97.2 Å². The zero-order chi connectivity index (χ0) is 54.3. The molecule has 430 valence electrons. The number of carbonyl (C=O) groups is 3. The summed E-state index contributed by atoms with van der Waals surface area (Å²) >= 11 is 0. The van der Waals surface area contributed by atoms with E-state index in [9.17, 15) is 14.4 Å². The van der Waals surface area contributed by atoms with E-state index in [1.54, 1.807) is 0 Å².